The van der Waals surface area contributed by atoms with Gasteiger partial charge in [0.05, 0.1) is 5.56 Å². The number of nitrogens with one attached hydrogen (secondary N) is 1. The number of benzene rings is 1. The van der Waals surface area contributed by atoms with Crippen molar-refractivity contribution in [2.24, 2.45) is 5.92 Å². The Hall–Kier alpha value is -1.43. The minimum atomic E-state index is -0.530. The first-order chi connectivity index (χ1) is 9.52. The molecule has 0 spiro atoms. The summed E-state index contributed by atoms with van der Waals surface area (Å²) in [5.74, 6) is -0.895. The van der Waals surface area contributed by atoms with Gasteiger partial charge in [-0.1, -0.05) is 15.9 Å². The Bertz CT molecular complexity index is 528. The highest BCUT2D eigenvalue weighted by atomic mass is 79.9. The van der Waals surface area contributed by atoms with E-state index in [2.05, 4.69) is 21.2 Å². The fourth-order valence-corrected chi connectivity index (χ4v) is 2.72. The first-order valence-electron chi connectivity index (χ1n) is 6.49. The number of amides is 2. The quantitative estimate of drug-likeness (QED) is 0.895. The van der Waals surface area contributed by atoms with E-state index in [0.29, 0.717) is 30.4 Å². The van der Waals surface area contributed by atoms with Crippen molar-refractivity contribution in [3.63, 3.8) is 0 Å². The molecule has 0 bridgehead atoms. The van der Waals surface area contributed by atoms with Gasteiger partial charge in [-0.3, -0.25) is 9.59 Å². The second-order valence-electron chi connectivity index (χ2n) is 4.80. The van der Waals surface area contributed by atoms with Crippen LogP contribution in [0.2, 0.25) is 0 Å². The second kappa shape index (κ2) is 6.35. The Balaban J connectivity index is 2.03. The van der Waals surface area contributed by atoms with Crippen LogP contribution in [-0.4, -0.2) is 36.9 Å². The van der Waals surface area contributed by atoms with E-state index in [1.165, 1.54) is 12.1 Å². The van der Waals surface area contributed by atoms with Gasteiger partial charge in [0.2, 0.25) is 5.91 Å². The van der Waals surface area contributed by atoms with Crippen molar-refractivity contribution in [2.45, 2.75) is 12.8 Å². The molecule has 0 aliphatic carbocycles. The summed E-state index contributed by atoms with van der Waals surface area (Å²) in [5, 5.41) is 2.62. The Labute approximate surface area is 125 Å². The third kappa shape index (κ3) is 3.17. The molecule has 6 heteroatoms. The topological polar surface area (TPSA) is 49.4 Å². The van der Waals surface area contributed by atoms with Gasteiger partial charge in [-0.25, -0.2) is 4.39 Å². The van der Waals surface area contributed by atoms with E-state index in [0.717, 1.165) is 0 Å². The van der Waals surface area contributed by atoms with Gasteiger partial charge in [-0.05, 0) is 31.0 Å². The lowest BCUT2D eigenvalue weighted by atomic mass is 9.95. The van der Waals surface area contributed by atoms with Crippen molar-refractivity contribution in [3.05, 3.63) is 34.1 Å². The van der Waals surface area contributed by atoms with Crippen molar-refractivity contribution in [3.8, 4) is 0 Å². The monoisotopic (exact) mass is 342 g/mol. The number of rotatable bonds is 2. The number of carbonyl (C=O) groups is 2. The summed E-state index contributed by atoms with van der Waals surface area (Å²) in [4.78, 5) is 25.4. The van der Waals surface area contributed by atoms with E-state index >= 15 is 0 Å². The van der Waals surface area contributed by atoms with Gasteiger partial charge >= 0.3 is 0 Å². The van der Waals surface area contributed by atoms with Crippen LogP contribution in [0.15, 0.2) is 22.7 Å². The van der Waals surface area contributed by atoms with Gasteiger partial charge in [0.25, 0.3) is 5.91 Å². The van der Waals surface area contributed by atoms with Gasteiger partial charge in [0.15, 0.2) is 0 Å². The predicted octanol–water partition coefficient (Wildman–Crippen LogP) is 2.19. The van der Waals surface area contributed by atoms with Gasteiger partial charge in [-0.2, -0.15) is 0 Å². The van der Waals surface area contributed by atoms with Gasteiger partial charge in [0.1, 0.15) is 5.82 Å². The van der Waals surface area contributed by atoms with E-state index < -0.39 is 5.82 Å². The molecule has 0 saturated carbocycles. The van der Waals surface area contributed by atoms with Crippen molar-refractivity contribution in [1.82, 2.24) is 10.2 Å². The maximum Gasteiger partial charge on any atom is 0.256 e. The van der Waals surface area contributed by atoms with Gasteiger partial charge < -0.3 is 10.2 Å². The highest BCUT2D eigenvalue weighted by Crippen LogP contribution is 2.21. The Kier molecular flexibility index (Phi) is 4.75. The van der Waals surface area contributed by atoms with Crippen LogP contribution >= 0.6 is 15.9 Å². The molecule has 2 amide bonds. The Morgan fingerprint density at radius 1 is 1.35 bits per heavy atom. The molecule has 108 valence electrons. The minimum Gasteiger partial charge on any atom is -0.359 e. The summed E-state index contributed by atoms with van der Waals surface area (Å²) in [5.41, 5.74) is 0.0755. The fourth-order valence-electron chi connectivity index (χ4n) is 2.38. The van der Waals surface area contributed by atoms with Crippen molar-refractivity contribution in [1.29, 1.82) is 0 Å². The lowest BCUT2D eigenvalue weighted by Gasteiger charge is -2.31. The van der Waals surface area contributed by atoms with Crippen molar-refractivity contribution >= 4 is 27.7 Å². The molecule has 1 aromatic rings. The van der Waals surface area contributed by atoms with Crippen molar-refractivity contribution in [2.75, 3.05) is 20.1 Å². The molecule has 0 atom stereocenters. The third-order valence-electron chi connectivity index (χ3n) is 3.56. The first kappa shape index (κ1) is 15.0. The zero-order chi connectivity index (χ0) is 14.7. The molecule has 1 saturated heterocycles. The van der Waals surface area contributed by atoms with Crippen LogP contribution in [0.1, 0.15) is 23.2 Å². The molecule has 1 aliphatic rings. The maximum atomic E-state index is 13.8. The fraction of sp³-hybridized carbons (Fsp3) is 0.429. The van der Waals surface area contributed by atoms with Crippen LogP contribution in [0, 0.1) is 11.7 Å². The van der Waals surface area contributed by atoms with E-state index in [1.54, 1.807) is 18.0 Å². The lowest BCUT2D eigenvalue weighted by molar-refractivity contribution is -0.125. The molecule has 20 heavy (non-hydrogen) atoms. The van der Waals surface area contributed by atoms with Crippen LogP contribution in [0.4, 0.5) is 4.39 Å². The van der Waals surface area contributed by atoms with E-state index in [1.807, 2.05) is 0 Å². The molecule has 2 rings (SSSR count). The van der Waals surface area contributed by atoms with Gasteiger partial charge in [0, 0.05) is 30.5 Å². The number of hydrogen-bond donors (Lipinski definition) is 1. The number of nitrogens with zero attached hydrogens (tertiary/aromatic N) is 1. The largest absolute Gasteiger partial charge is 0.359 e. The lowest BCUT2D eigenvalue weighted by Crippen LogP contribution is -2.42. The summed E-state index contributed by atoms with van der Waals surface area (Å²) >= 11 is 3.16. The predicted molar refractivity (Wildman–Crippen MR) is 76.8 cm³/mol. The zero-order valence-corrected chi connectivity index (χ0v) is 12.7. The summed E-state index contributed by atoms with van der Waals surface area (Å²) in [6, 6.07) is 4.41. The zero-order valence-electron chi connectivity index (χ0n) is 11.2. The molecule has 4 nitrogen and oxygen atoms in total. The Morgan fingerprint density at radius 2 is 2.00 bits per heavy atom. The summed E-state index contributed by atoms with van der Waals surface area (Å²) < 4.78 is 14.4. The van der Waals surface area contributed by atoms with Gasteiger partial charge in [-0.15, -0.1) is 0 Å². The molecule has 1 aliphatic heterocycles. The van der Waals surface area contributed by atoms with E-state index in [4.69, 9.17) is 0 Å². The third-order valence-corrected chi connectivity index (χ3v) is 4.05. The number of hydrogen-bond acceptors (Lipinski definition) is 2. The van der Waals surface area contributed by atoms with Crippen LogP contribution in [0.3, 0.4) is 0 Å². The smallest absolute Gasteiger partial charge is 0.256 e. The molecule has 1 fully saturated rings. The van der Waals surface area contributed by atoms with Crippen LogP contribution < -0.4 is 5.32 Å². The molecule has 0 aromatic heterocycles. The summed E-state index contributed by atoms with van der Waals surface area (Å²) in [7, 11) is 1.61. The highest BCUT2D eigenvalue weighted by molar-refractivity contribution is 9.10. The minimum absolute atomic E-state index is 0.00641. The molecule has 1 heterocycles. The molecular weight excluding hydrogens is 327 g/mol. The average Bonchev–Trinajstić information content (AvgIpc) is 2.46. The van der Waals surface area contributed by atoms with E-state index in [9.17, 15) is 14.0 Å². The second-order valence-corrected chi connectivity index (χ2v) is 5.72. The molecule has 1 N–H and O–H groups in total. The SMILES string of the molecule is CNC(=O)C1CCN(C(=O)c2ccc(Br)cc2F)CC1. The normalized spacial score (nSPS) is 16.1. The number of halogens is 2. The van der Waals surface area contributed by atoms with Crippen LogP contribution in [-0.2, 0) is 4.79 Å². The van der Waals surface area contributed by atoms with Crippen molar-refractivity contribution < 1.29 is 14.0 Å². The average molecular weight is 343 g/mol. The highest BCUT2D eigenvalue weighted by Gasteiger charge is 2.28. The molecular formula is C14H16BrFN2O2. The summed E-state index contributed by atoms with van der Waals surface area (Å²) in [6.07, 6.45) is 1.23. The molecule has 1 aromatic carbocycles. The molecule has 0 unspecified atom stereocenters. The van der Waals surface area contributed by atoms with Crippen LogP contribution in [0.5, 0.6) is 0 Å². The number of carbonyl (C=O) groups excluding carboxylic acids is 2. The molecule has 0 radical (unpaired) electrons. The Morgan fingerprint density at radius 3 is 2.55 bits per heavy atom. The standard InChI is InChI=1S/C14H16BrFN2O2/c1-17-13(19)9-4-6-18(7-5-9)14(20)11-3-2-10(15)8-12(11)16/h2-3,8-9H,4-7H2,1H3,(H,17,19). The van der Waals surface area contributed by atoms with E-state index in [-0.39, 0.29) is 23.3 Å². The van der Waals surface area contributed by atoms with Crippen LogP contribution in [0.25, 0.3) is 0 Å². The number of piperidine rings is 1. The summed E-state index contributed by atoms with van der Waals surface area (Å²) in [6.45, 7) is 0.957. The number of likely N-dealkylation sites (tertiary alicyclic amines) is 1. The maximum absolute atomic E-state index is 13.8. The first-order valence-corrected chi connectivity index (χ1v) is 7.28.